The van der Waals surface area contributed by atoms with Gasteiger partial charge in [-0.3, -0.25) is 9.59 Å². The molecule has 1 rings (SSSR count). The summed E-state index contributed by atoms with van der Waals surface area (Å²) in [6.07, 6.45) is -0.197. The standard InChI is InChI=1S/C25H39N3O7/c1-8-15(4)20(23(32)33)27-21(30)18(13-16-9-11-17(29)12-10-16)26-22(31)19(14(2)3)28-24(34)35-25(5,6)7/h9-12,14-15,18-20,29H,8,13H2,1-7H3,(H,26,31)(H,27,30)(H,28,34)(H,32,33)/t15-,18-,19?,20-/m0/s1. The minimum atomic E-state index is -1.17. The Morgan fingerprint density at radius 1 is 0.914 bits per heavy atom. The van der Waals surface area contributed by atoms with E-state index in [0.29, 0.717) is 12.0 Å². The van der Waals surface area contributed by atoms with Crippen LogP contribution in [0.1, 0.15) is 60.5 Å². The molecule has 0 aliphatic rings. The maximum absolute atomic E-state index is 13.1. The van der Waals surface area contributed by atoms with Crippen LogP contribution in [0.2, 0.25) is 0 Å². The summed E-state index contributed by atoms with van der Waals surface area (Å²) in [5.41, 5.74) is -0.120. The number of phenolic OH excluding ortho intramolecular Hbond substituents is 1. The van der Waals surface area contributed by atoms with E-state index in [4.69, 9.17) is 4.74 Å². The number of rotatable bonds is 11. The van der Waals surface area contributed by atoms with Crippen molar-refractivity contribution < 1.29 is 34.1 Å². The van der Waals surface area contributed by atoms with Gasteiger partial charge in [-0.1, -0.05) is 46.2 Å². The number of carbonyl (C=O) groups excluding carboxylic acids is 3. The molecule has 1 unspecified atom stereocenters. The van der Waals surface area contributed by atoms with Gasteiger partial charge in [0.05, 0.1) is 0 Å². The van der Waals surface area contributed by atoms with Crippen molar-refractivity contribution in [3.63, 3.8) is 0 Å². The molecule has 10 nitrogen and oxygen atoms in total. The zero-order chi connectivity index (χ0) is 26.9. The maximum atomic E-state index is 13.1. The Labute approximate surface area is 206 Å². The Bertz CT molecular complexity index is 878. The van der Waals surface area contributed by atoms with Crippen molar-refractivity contribution in [3.8, 4) is 5.75 Å². The van der Waals surface area contributed by atoms with Gasteiger partial charge in [0.2, 0.25) is 11.8 Å². The minimum absolute atomic E-state index is 0.0436. The van der Waals surface area contributed by atoms with Gasteiger partial charge in [0.25, 0.3) is 0 Å². The van der Waals surface area contributed by atoms with Crippen molar-refractivity contribution in [1.29, 1.82) is 0 Å². The van der Waals surface area contributed by atoms with Gasteiger partial charge in [0, 0.05) is 6.42 Å². The van der Waals surface area contributed by atoms with Crippen molar-refractivity contribution in [2.24, 2.45) is 11.8 Å². The van der Waals surface area contributed by atoms with E-state index in [1.54, 1.807) is 53.7 Å². The van der Waals surface area contributed by atoms with Crippen LogP contribution in [0.4, 0.5) is 4.79 Å². The fourth-order valence-electron chi connectivity index (χ4n) is 3.24. The fourth-order valence-corrected chi connectivity index (χ4v) is 3.24. The Kier molecular flexibility index (Phi) is 11.0. The number of amides is 3. The summed E-state index contributed by atoms with van der Waals surface area (Å²) >= 11 is 0. The highest BCUT2D eigenvalue weighted by Gasteiger charge is 2.33. The first-order valence-corrected chi connectivity index (χ1v) is 11.8. The molecule has 5 N–H and O–H groups in total. The normalized spacial score (nSPS) is 14.9. The minimum Gasteiger partial charge on any atom is -0.508 e. The second-order valence-electron chi connectivity index (χ2n) is 10.0. The summed E-state index contributed by atoms with van der Waals surface area (Å²) < 4.78 is 5.25. The molecule has 0 aromatic heterocycles. The molecule has 3 amide bonds. The third kappa shape index (κ3) is 10.2. The molecule has 196 valence electrons. The lowest BCUT2D eigenvalue weighted by Gasteiger charge is -2.28. The number of hydrogen-bond donors (Lipinski definition) is 5. The lowest BCUT2D eigenvalue weighted by molar-refractivity contribution is -0.143. The molecule has 0 heterocycles. The third-order valence-corrected chi connectivity index (χ3v) is 5.41. The molecule has 0 radical (unpaired) electrons. The van der Waals surface area contributed by atoms with Crippen molar-refractivity contribution in [1.82, 2.24) is 16.0 Å². The van der Waals surface area contributed by atoms with Gasteiger partial charge in [-0.25, -0.2) is 9.59 Å². The molecular weight excluding hydrogens is 454 g/mol. The first-order valence-electron chi connectivity index (χ1n) is 11.8. The van der Waals surface area contributed by atoms with Crippen LogP contribution in [-0.4, -0.2) is 57.8 Å². The van der Waals surface area contributed by atoms with Gasteiger partial charge in [-0.2, -0.15) is 0 Å². The van der Waals surface area contributed by atoms with Crippen LogP contribution in [0.25, 0.3) is 0 Å². The van der Waals surface area contributed by atoms with E-state index in [9.17, 15) is 29.4 Å². The topological polar surface area (TPSA) is 154 Å². The van der Waals surface area contributed by atoms with Gasteiger partial charge < -0.3 is 30.9 Å². The van der Waals surface area contributed by atoms with E-state index in [0.717, 1.165) is 0 Å². The Morgan fingerprint density at radius 3 is 1.94 bits per heavy atom. The number of aromatic hydroxyl groups is 1. The molecule has 0 fully saturated rings. The molecule has 0 aliphatic carbocycles. The molecule has 0 bridgehead atoms. The first kappa shape index (κ1) is 29.7. The van der Waals surface area contributed by atoms with Gasteiger partial charge in [-0.05, 0) is 50.3 Å². The zero-order valence-corrected chi connectivity index (χ0v) is 21.5. The second-order valence-corrected chi connectivity index (χ2v) is 10.0. The number of benzene rings is 1. The summed E-state index contributed by atoms with van der Waals surface area (Å²) in [6, 6.07) is 2.85. The number of carbonyl (C=O) groups is 4. The molecular formula is C25H39N3O7. The number of phenols is 1. The van der Waals surface area contributed by atoms with Crippen molar-refractivity contribution in [2.75, 3.05) is 0 Å². The SMILES string of the molecule is CC[C@H](C)[C@H](NC(=O)[C@H](Cc1ccc(O)cc1)NC(=O)C(NC(=O)OC(C)(C)C)C(C)C)C(=O)O. The van der Waals surface area contributed by atoms with E-state index in [2.05, 4.69) is 16.0 Å². The molecule has 1 aromatic carbocycles. The van der Waals surface area contributed by atoms with E-state index in [-0.39, 0.29) is 24.0 Å². The predicted octanol–water partition coefficient (Wildman–Crippen LogP) is 2.58. The van der Waals surface area contributed by atoms with Crippen molar-refractivity contribution in [3.05, 3.63) is 29.8 Å². The van der Waals surface area contributed by atoms with Crippen LogP contribution in [0, 0.1) is 11.8 Å². The number of hydrogen-bond acceptors (Lipinski definition) is 6. The fraction of sp³-hybridized carbons (Fsp3) is 0.600. The van der Waals surface area contributed by atoms with Gasteiger partial charge >= 0.3 is 12.1 Å². The summed E-state index contributed by atoms with van der Waals surface area (Å²) in [4.78, 5) is 50.3. The Hall–Kier alpha value is -3.30. The van der Waals surface area contributed by atoms with Crippen molar-refractivity contribution in [2.45, 2.75) is 85.0 Å². The molecule has 0 saturated carbocycles. The zero-order valence-electron chi connectivity index (χ0n) is 21.5. The monoisotopic (exact) mass is 493 g/mol. The van der Waals surface area contributed by atoms with Crippen LogP contribution in [0.5, 0.6) is 5.75 Å². The number of nitrogens with one attached hydrogen (secondary N) is 3. The molecule has 35 heavy (non-hydrogen) atoms. The van der Waals surface area contributed by atoms with E-state index in [1.165, 1.54) is 12.1 Å². The molecule has 0 spiro atoms. The summed E-state index contributed by atoms with van der Waals surface area (Å²) in [5, 5.41) is 26.8. The van der Waals surface area contributed by atoms with Crippen molar-refractivity contribution >= 4 is 23.9 Å². The Balaban J connectivity index is 3.15. The van der Waals surface area contributed by atoms with E-state index >= 15 is 0 Å². The summed E-state index contributed by atoms with van der Waals surface area (Å²) in [5.74, 6) is -3.07. The number of aliphatic carboxylic acids is 1. The highest BCUT2D eigenvalue weighted by molar-refractivity contribution is 5.93. The van der Waals surface area contributed by atoms with Crippen LogP contribution >= 0.6 is 0 Å². The highest BCUT2D eigenvalue weighted by atomic mass is 16.6. The highest BCUT2D eigenvalue weighted by Crippen LogP contribution is 2.14. The lowest BCUT2D eigenvalue weighted by atomic mass is 9.97. The van der Waals surface area contributed by atoms with Crippen LogP contribution in [0.3, 0.4) is 0 Å². The molecule has 0 saturated heterocycles. The van der Waals surface area contributed by atoms with Crippen LogP contribution in [0.15, 0.2) is 24.3 Å². The van der Waals surface area contributed by atoms with Gasteiger partial charge in [-0.15, -0.1) is 0 Å². The predicted molar refractivity (Wildman–Crippen MR) is 131 cm³/mol. The maximum Gasteiger partial charge on any atom is 0.408 e. The van der Waals surface area contributed by atoms with E-state index in [1.807, 2.05) is 6.92 Å². The second kappa shape index (κ2) is 13.0. The Morgan fingerprint density at radius 2 is 1.49 bits per heavy atom. The molecule has 4 atom stereocenters. The van der Waals surface area contributed by atoms with Crippen LogP contribution < -0.4 is 16.0 Å². The largest absolute Gasteiger partial charge is 0.508 e. The number of alkyl carbamates (subject to hydrolysis) is 1. The number of carboxylic acid groups (broad SMARTS) is 1. The lowest BCUT2D eigenvalue weighted by Crippen LogP contribution is -2.58. The quantitative estimate of drug-likeness (QED) is 0.317. The van der Waals surface area contributed by atoms with Crippen LogP contribution in [-0.2, 0) is 25.5 Å². The van der Waals surface area contributed by atoms with E-state index < -0.39 is 47.6 Å². The summed E-state index contributed by atoms with van der Waals surface area (Å²) in [7, 11) is 0. The van der Waals surface area contributed by atoms with Gasteiger partial charge in [0.1, 0.15) is 29.5 Å². The first-order chi connectivity index (χ1) is 16.1. The average Bonchev–Trinajstić information content (AvgIpc) is 2.74. The molecule has 1 aromatic rings. The van der Waals surface area contributed by atoms with Gasteiger partial charge in [0.15, 0.2) is 0 Å². The number of ether oxygens (including phenoxy) is 1. The summed E-state index contributed by atoms with van der Waals surface area (Å²) in [6.45, 7) is 12.1. The number of carboxylic acids is 1. The molecule has 0 aliphatic heterocycles. The smallest absolute Gasteiger partial charge is 0.408 e. The molecule has 10 heteroatoms. The average molecular weight is 494 g/mol. The third-order valence-electron chi connectivity index (χ3n) is 5.41.